The zero-order valence-electron chi connectivity index (χ0n) is 15.6. The minimum atomic E-state index is -1.67. The number of hydrogen-bond acceptors (Lipinski definition) is 11. The van der Waals surface area contributed by atoms with Crippen molar-refractivity contribution in [1.29, 1.82) is 0 Å². The number of esters is 5. The summed E-state index contributed by atoms with van der Waals surface area (Å²) in [6, 6.07) is 0. The molecule has 11 nitrogen and oxygen atoms in total. The zero-order chi connectivity index (χ0) is 21.1. The van der Waals surface area contributed by atoms with Crippen molar-refractivity contribution in [2.24, 2.45) is 0 Å². The quantitative estimate of drug-likeness (QED) is 0.269. The van der Waals surface area contributed by atoms with Crippen LogP contribution in [-0.4, -0.2) is 67.2 Å². The maximum Gasteiger partial charge on any atom is 0.303 e. The third kappa shape index (κ3) is 9.92. The first kappa shape index (κ1) is 24.0. The summed E-state index contributed by atoms with van der Waals surface area (Å²) in [5.74, 6) is -4.23. The van der Waals surface area contributed by atoms with Crippen LogP contribution in [0.5, 0.6) is 0 Å². The molecule has 0 saturated carbocycles. The third-order valence-electron chi connectivity index (χ3n) is 2.82. The average molecular weight is 390 g/mol. The van der Waals surface area contributed by atoms with Gasteiger partial charge in [-0.15, -0.1) is 0 Å². The molecule has 0 spiro atoms. The van der Waals surface area contributed by atoms with Crippen LogP contribution in [0.1, 0.15) is 34.6 Å². The molecule has 0 N–H and O–H groups in total. The molecule has 152 valence electrons. The highest BCUT2D eigenvalue weighted by Gasteiger charge is 2.43. The maximum absolute atomic E-state index is 11.5. The average Bonchev–Trinajstić information content (AvgIpc) is 2.51. The number of ether oxygens (including phenoxy) is 5. The number of hydrogen-bond donors (Lipinski definition) is 0. The van der Waals surface area contributed by atoms with Gasteiger partial charge in [0.15, 0.2) is 30.7 Å². The van der Waals surface area contributed by atoms with Crippen LogP contribution in [-0.2, 0) is 52.5 Å². The SMILES string of the molecule is CC(=O)OC[C@@H](OC(C)=O)[C@H](OC(C)=O)[C@H](OC(C)=O)[C@H](C=O)OC(C)=O. The summed E-state index contributed by atoms with van der Waals surface area (Å²) in [4.78, 5) is 68.0. The van der Waals surface area contributed by atoms with Crippen molar-refractivity contribution in [3.63, 3.8) is 0 Å². The van der Waals surface area contributed by atoms with Gasteiger partial charge in [-0.1, -0.05) is 0 Å². The molecule has 0 bridgehead atoms. The molecule has 0 rings (SSSR count). The maximum atomic E-state index is 11.5. The van der Waals surface area contributed by atoms with Crippen molar-refractivity contribution in [3.8, 4) is 0 Å². The number of aldehydes is 1. The zero-order valence-corrected chi connectivity index (χ0v) is 15.6. The Labute approximate surface area is 155 Å². The van der Waals surface area contributed by atoms with Gasteiger partial charge in [0.1, 0.15) is 6.61 Å². The molecule has 27 heavy (non-hydrogen) atoms. The van der Waals surface area contributed by atoms with Gasteiger partial charge in [0.2, 0.25) is 0 Å². The molecule has 0 aromatic rings. The van der Waals surface area contributed by atoms with Crippen LogP contribution >= 0.6 is 0 Å². The van der Waals surface area contributed by atoms with E-state index in [1.54, 1.807) is 0 Å². The van der Waals surface area contributed by atoms with E-state index in [1.165, 1.54) is 0 Å². The minimum absolute atomic E-state index is 0.155. The molecular formula is C16H22O11. The summed E-state index contributed by atoms with van der Waals surface area (Å²) in [6.45, 7) is 4.56. The fourth-order valence-electron chi connectivity index (χ4n) is 2.03. The fraction of sp³-hybridized carbons (Fsp3) is 0.625. The molecule has 0 radical (unpaired) electrons. The topological polar surface area (TPSA) is 149 Å². The van der Waals surface area contributed by atoms with Crippen molar-refractivity contribution < 1.29 is 52.5 Å². The van der Waals surface area contributed by atoms with Crippen LogP contribution in [0, 0.1) is 0 Å². The monoisotopic (exact) mass is 390 g/mol. The van der Waals surface area contributed by atoms with Crippen LogP contribution in [0.4, 0.5) is 0 Å². The number of rotatable bonds is 10. The summed E-state index contributed by atoms with van der Waals surface area (Å²) in [7, 11) is 0. The van der Waals surface area contributed by atoms with Gasteiger partial charge in [-0.05, 0) is 0 Å². The predicted molar refractivity (Wildman–Crippen MR) is 84.9 cm³/mol. The van der Waals surface area contributed by atoms with E-state index in [2.05, 4.69) is 0 Å². The molecule has 0 unspecified atom stereocenters. The van der Waals surface area contributed by atoms with Gasteiger partial charge < -0.3 is 23.7 Å². The first-order valence-corrected chi connectivity index (χ1v) is 7.75. The molecule has 0 fully saturated rings. The van der Waals surface area contributed by atoms with Crippen molar-refractivity contribution in [2.75, 3.05) is 6.61 Å². The standard InChI is InChI=1S/C16H22O11/c1-8(18)23-7-14(25-10(3)20)16(27-12(5)22)15(26-11(4)21)13(6-17)24-9(2)19/h6,13-16H,7H2,1-5H3/t13-,14+,15+,16-/m0/s1. The summed E-state index contributed by atoms with van der Waals surface area (Å²) in [5.41, 5.74) is 0. The Morgan fingerprint density at radius 2 is 1.11 bits per heavy atom. The van der Waals surface area contributed by atoms with Gasteiger partial charge in [-0.3, -0.25) is 28.8 Å². The van der Waals surface area contributed by atoms with Crippen LogP contribution in [0.3, 0.4) is 0 Å². The molecule has 0 amide bonds. The highest BCUT2D eigenvalue weighted by atomic mass is 16.6. The van der Waals surface area contributed by atoms with Crippen molar-refractivity contribution in [1.82, 2.24) is 0 Å². The second kappa shape index (κ2) is 11.6. The highest BCUT2D eigenvalue weighted by molar-refractivity contribution is 5.72. The van der Waals surface area contributed by atoms with Crippen LogP contribution < -0.4 is 0 Å². The lowest BCUT2D eigenvalue weighted by molar-refractivity contribution is -0.201. The Kier molecular flexibility index (Phi) is 10.3. The second-order valence-electron chi connectivity index (χ2n) is 5.31. The van der Waals surface area contributed by atoms with E-state index in [1.807, 2.05) is 0 Å². The summed E-state index contributed by atoms with van der Waals surface area (Å²) < 4.78 is 24.6. The number of carbonyl (C=O) groups excluding carboxylic acids is 6. The Morgan fingerprint density at radius 1 is 0.667 bits per heavy atom. The molecule has 0 aliphatic carbocycles. The van der Waals surface area contributed by atoms with Crippen LogP contribution in [0.25, 0.3) is 0 Å². The smallest absolute Gasteiger partial charge is 0.303 e. The molecule has 0 aromatic heterocycles. The van der Waals surface area contributed by atoms with Gasteiger partial charge in [0.25, 0.3) is 0 Å². The van der Waals surface area contributed by atoms with Crippen molar-refractivity contribution in [2.45, 2.75) is 59.0 Å². The molecule has 0 heterocycles. The normalized spacial score (nSPS) is 14.6. The van der Waals surface area contributed by atoms with Crippen molar-refractivity contribution >= 4 is 36.1 Å². The van der Waals surface area contributed by atoms with E-state index in [4.69, 9.17) is 23.7 Å². The van der Waals surface area contributed by atoms with E-state index in [0.717, 1.165) is 34.6 Å². The molecular weight excluding hydrogens is 368 g/mol. The largest absolute Gasteiger partial charge is 0.462 e. The predicted octanol–water partition coefficient (Wildman–Crippen LogP) is -0.525. The molecule has 0 aliphatic heterocycles. The third-order valence-corrected chi connectivity index (χ3v) is 2.82. The summed E-state index contributed by atoms with van der Waals surface area (Å²) >= 11 is 0. The van der Waals surface area contributed by atoms with Gasteiger partial charge in [0.05, 0.1) is 0 Å². The second-order valence-corrected chi connectivity index (χ2v) is 5.31. The molecule has 0 saturated heterocycles. The Balaban J connectivity index is 6.00. The number of carbonyl (C=O) groups is 6. The molecule has 4 atom stereocenters. The van der Waals surface area contributed by atoms with Gasteiger partial charge >= 0.3 is 29.8 Å². The lowest BCUT2D eigenvalue weighted by Crippen LogP contribution is -2.53. The molecule has 0 aromatic carbocycles. The first-order valence-electron chi connectivity index (χ1n) is 7.75. The minimum Gasteiger partial charge on any atom is -0.462 e. The van der Waals surface area contributed by atoms with Crippen LogP contribution in [0.2, 0.25) is 0 Å². The van der Waals surface area contributed by atoms with E-state index in [0.29, 0.717) is 0 Å². The van der Waals surface area contributed by atoms with E-state index in [-0.39, 0.29) is 6.29 Å². The van der Waals surface area contributed by atoms with E-state index >= 15 is 0 Å². The Hall–Kier alpha value is -2.98. The van der Waals surface area contributed by atoms with E-state index in [9.17, 15) is 28.8 Å². The molecule has 11 heteroatoms. The lowest BCUT2D eigenvalue weighted by Gasteiger charge is -2.33. The van der Waals surface area contributed by atoms with Gasteiger partial charge in [0, 0.05) is 34.6 Å². The summed E-state index contributed by atoms with van der Waals surface area (Å²) in [5, 5.41) is 0. The van der Waals surface area contributed by atoms with Gasteiger partial charge in [-0.2, -0.15) is 0 Å². The van der Waals surface area contributed by atoms with E-state index < -0.39 is 60.9 Å². The Bertz CT molecular complexity index is 583. The van der Waals surface area contributed by atoms with Gasteiger partial charge in [-0.25, -0.2) is 0 Å². The highest BCUT2D eigenvalue weighted by Crippen LogP contribution is 2.19. The lowest BCUT2D eigenvalue weighted by atomic mass is 10.0. The summed E-state index contributed by atoms with van der Waals surface area (Å²) in [6.07, 6.45) is -6.23. The first-order chi connectivity index (χ1) is 12.5. The Morgan fingerprint density at radius 3 is 1.48 bits per heavy atom. The van der Waals surface area contributed by atoms with Crippen LogP contribution in [0.15, 0.2) is 0 Å². The fourth-order valence-corrected chi connectivity index (χ4v) is 2.03. The van der Waals surface area contributed by atoms with Crippen molar-refractivity contribution in [3.05, 3.63) is 0 Å². The molecule has 0 aliphatic rings.